The molecule has 0 aliphatic carbocycles. The number of hydrogen-bond donors (Lipinski definition) is 0. The zero-order valence-corrected chi connectivity index (χ0v) is 13.6. The van der Waals surface area contributed by atoms with Gasteiger partial charge < -0.3 is 4.52 Å². The largest absolute Gasteiger partial charge is 0.338 e. The average Bonchev–Trinajstić information content (AvgIpc) is 2.95. The monoisotopic (exact) mass is 307 g/mol. The lowest BCUT2D eigenvalue weighted by Crippen LogP contribution is -2.28. The Morgan fingerprint density at radius 2 is 1.90 bits per heavy atom. The molecule has 0 N–H and O–H groups in total. The SMILES string of the molecule is CC[C@@H](c1nc(Cc2ccccc2Cl)no1)N(CC)CC. The lowest BCUT2D eigenvalue weighted by atomic mass is 10.1. The highest BCUT2D eigenvalue weighted by Gasteiger charge is 2.22. The Kier molecular flexibility index (Phi) is 5.76. The molecule has 0 saturated heterocycles. The van der Waals surface area contributed by atoms with Crippen LogP contribution in [0.4, 0.5) is 0 Å². The summed E-state index contributed by atoms with van der Waals surface area (Å²) >= 11 is 6.17. The molecule has 2 rings (SSSR count). The Labute approximate surface area is 131 Å². The van der Waals surface area contributed by atoms with E-state index in [1.165, 1.54) is 0 Å². The zero-order valence-electron chi connectivity index (χ0n) is 12.8. The molecule has 0 saturated carbocycles. The second-order valence-electron chi connectivity index (χ2n) is 4.96. The molecule has 0 radical (unpaired) electrons. The van der Waals surface area contributed by atoms with Crippen LogP contribution < -0.4 is 0 Å². The average molecular weight is 308 g/mol. The zero-order chi connectivity index (χ0) is 15.2. The predicted molar refractivity (Wildman–Crippen MR) is 84.5 cm³/mol. The summed E-state index contributed by atoms with van der Waals surface area (Å²) in [5.41, 5.74) is 1.02. The Bertz CT molecular complexity index is 566. The van der Waals surface area contributed by atoms with Crippen LogP contribution in [0.1, 0.15) is 50.5 Å². The molecule has 1 aromatic heterocycles. The fourth-order valence-electron chi connectivity index (χ4n) is 2.54. The maximum Gasteiger partial charge on any atom is 0.243 e. The van der Waals surface area contributed by atoms with Crippen LogP contribution in [0.5, 0.6) is 0 Å². The van der Waals surface area contributed by atoms with Crippen LogP contribution in [0.2, 0.25) is 5.02 Å². The predicted octanol–water partition coefficient (Wildman–Crippen LogP) is 4.11. The highest BCUT2D eigenvalue weighted by molar-refractivity contribution is 6.31. The molecule has 1 heterocycles. The van der Waals surface area contributed by atoms with Crippen LogP contribution in [-0.4, -0.2) is 28.1 Å². The maximum absolute atomic E-state index is 6.17. The van der Waals surface area contributed by atoms with Crippen molar-refractivity contribution in [2.45, 2.75) is 39.7 Å². The van der Waals surface area contributed by atoms with Gasteiger partial charge in [0.05, 0.1) is 6.04 Å². The minimum Gasteiger partial charge on any atom is -0.338 e. The normalized spacial score (nSPS) is 12.8. The Morgan fingerprint density at radius 1 is 1.19 bits per heavy atom. The molecule has 0 fully saturated rings. The van der Waals surface area contributed by atoms with E-state index >= 15 is 0 Å². The standard InChI is InChI=1S/C16H22ClN3O/c1-4-14(20(5-2)6-3)16-18-15(19-21-16)11-12-9-7-8-10-13(12)17/h7-10,14H,4-6,11H2,1-3H3/t14-/m0/s1. The van der Waals surface area contributed by atoms with Gasteiger partial charge >= 0.3 is 0 Å². The third-order valence-corrected chi connectivity index (χ3v) is 4.08. The molecule has 2 aromatic rings. The third kappa shape index (κ3) is 3.83. The molecule has 1 atom stereocenters. The van der Waals surface area contributed by atoms with Crippen molar-refractivity contribution in [1.82, 2.24) is 15.0 Å². The van der Waals surface area contributed by atoms with E-state index in [9.17, 15) is 0 Å². The fraction of sp³-hybridized carbons (Fsp3) is 0.500. The van der Waals surface area contributed by atoms with Gasteiger partial charge in [-0.15, -0.1) is 0 Å². The van der Waals surface area contributed by atoms with Crippen molar-refractivity contribution in [2.75, 3.05) is 13.1 Å². The van der Waals surface area contributed by atoms with Gasteiger partial charge in [0.1, 0.15) is 0 Å². The molecule has 0 spiro atoms. The number of benzene rings is 1. The second kappa shape index (κ2) is 7.57. The summed E-state index contributed by atoms with van der Waals surface area (Å²) in [6.45, 7) is 8.37. The summed E-state index contributed by atoms with van der Waals surface area (Å²) < 4.78 is 5.47. The number of hydrogen-bond acceptors (Lipinski definition) is 4. The van der Waals surface area contributed by atoms with Crippen molar-refractivity contribution < 1.29 is 4.52 Å². The van der Waals surface area contributed by atoms with E-state index < -0.39 is 0 Å². The summed E-state index contributed by atoms with van der Waals surface area (Å²) in [6, 6.07) is 7.93. The van der Waals surface area contributed by atoms with Crippen molar-refractivity contribution in [3.8, 4) is 0 Å². The van der Waals surface area contributed by atoms with Gasteiger partial charge in [-0.1, -0.05) is 55.7 Å². The minimum absolute atomic E-state index is 0.187. The third-order valence-electron chi connectivity index (χ3n) is 3.72. The molecule has 0 aliphatic rings. The lowest BCUT2D eigenvalue weighted by molar-refractivity contribution is 0.171. The van der Waals surface area contributed by atoms with Gasteiger partial charge in [0.25, 0.3) is 0 Å². The number of rotatable bonds is 7. The van der Waals surface area contributed by atoms with Crippen LogP contribution in [0, 0.1) is 0 Å². The summed E-state index contributed by atoms with van der Waals surface area (Å²) in [4.78, 5) is 6.88. The molecular formula is C16H22ClN3O. The van der Waals surface area contributed by atoms with Crippen molar-refractivity contribution in [3.63, 3.8) is 0 Å². The molecule has 21 heavy (non-hydrogen) atoms. The highest BCUT2D eigenvalue weighted by Crippen LogP contribution is 2.23. The summed E-state index contributed by atoms with van der Waals surface area (Å²) in [7, 11) is 0. The minimum atomic E-state index is 0.187. The van der Waals surface area contributed by atoms with E-state index in [-0.39, 0.29) is 6.04 Å². The van der Waals surface area contributed by atoms with E-state index in [0.717, 1.165) is 30.1 Å². The van der Waals surface area contributed by atoms with Crippen LogP contribution in [0.15, 0.2) is 28.8 Å². The van der Waals surface area contributed by atoms with E-state index in [2.05, 4.69) is 35.8 Å². The first-order chi connectivity index (χ1) is 10.2. The Hall–Kier alpha value is -1.39. The Morgan fingerprint density at radius 3 is 2.52 bits per heavy atom. The maximum atomic E-state index is 6.17. The second-order valence-corrected chi connectivity index (χ2v) is 5.37. The first-order valence-corrected chi connectivity index (χ1v) is 7.87. The van der Waals surface area contributed by atoms with Crippen LogP contribution in [0.3, 0.4) is 0 Å². The molecule has 0 bridgehead atoms. The van der Waals surface area contributed by atoms with Gasteiger partial charge in [-0.3, -0.25) is 4.90 Å². The van der Waals surface area contributed by atoms with Gasteiger partial charge in [-0.05, 0) is 31.1 Å². The van der Waals surface area contributed by atoms with Crippen LogP contribution in [-0.2, 0) is 6.42 Å². The summed E-state index contributed by atoms with van der Waals surface area (Å²) in [5.74, 6) is 1.38. The first kappa shape index (κ1) is 16.0. The van der Waals surface area contributed by atoms with Gasteiger partial charge in [0.2, 0.25) is 5.89 Å². The molecule has 0 aliphatic heterocycles. The van der Waals surface area contributed by atoms with E-state index in [4.69, 9.17) is 16.1 Å². The van der Waals surface area contributed by atoms with Crippen molar-refractivity contribution in [2.24, 2.45) is 0 Å². The van der Waals surface area contributed by atoms with E-state index in [0.29, 0.717) is 18.1 Å². The highest BCUT2D eigenvalue weighted by atomic mass is 35.5. The molecule has 4 nitrogen and oxygen atoms in total. The number of halogens is 1. The summed E-state index contributed by atoms with van der Waals surface area (Å²) in [5, 5.41) is 4.84. The topological polar surface area (TPSA) is 42.2 Å². The fourth-order valence-corrected chi connectivity index (χ4v) is 2.74. The number of aromatic nitrogens is 2. The van der Waals surface area contributed by atoms with Crippen molar-refractivity contribution in [3.05, 3.63) is 46.6 Å². The van der Waals surface area contributed by atoms with Gasteiger partial charge in [-0.25, -0.2) is 0 Å². The Balaban J connectivity index is 2.15. The molecular weight excluding hydrogens is 286 g/mol. The van der Waals surface area contributed by atoms with Gasteiger partial charge in [0.15, 0.2) is 5.82 Å². The quantitative estimate of drug-likeness (QED) is 0.772. The van der Waals surface area contributed by atoms with E-state index in [1.807, 2.05) is 24.3 Å². The van der Waals surface area contributed by atoms with Gasteiger partial charge in [0, 0.05) is 11.4 Å². The molecule has 0 amide bonds. The smallest absolute Gasteiger partial charge is 0.243 e. The molecule has 114 valence electrons. The molecule has 5 heteroatoms. The van der Waals surface area contributed by atoms with Gasteiger partial charge in [-0.2, -0.15) is 4.98 Å². The van der Waals surface area contributed by atoms with Crippen molar-refractivity contribution in [1.29, 1.82) is 0 Å². The molecule has 1 aromatic carbocycles. The first-order valence-electron chi connectivity index (χ1n) is 7.49. The van der Waals surface area contributed by atoms with E-state index in [1.54, 1.807) is 0 Å². The summed E-state index contributed by atoms with van der Waals surface area (Å²) in [6.07, 6.45) is 1.55. The van der Waals surface area contributed by atoms with Crippen LogP contribution in [0.25, 0.3) is 0 Å². The van der Waals surface area contributed by atoms with Crippen molar-refractivity contribution >= 4 is 11.6 Å². The lowest BCUT2D eigenvalue weighted by Gasteiger charge is -2.25. The van der Waals surface area contributed by atoms with Crippen LogP contribution >= 0.6 is 11.6 Å². The number of nitrogens with zero attached hydrogens (tertiary/aromatic N) is 3. The molecule has 0 unspecified atom stereocenters.